The van der Waals surface area contributed by atoms with Crippen molar-refractivity contribution in [2.45, 2.75) is 26.9 Å². The lowest BCUT2D eigenvalue weighted by Crippen LogP contribution is -2.19. The lowest BCUT2D eigenvalue weighted by Gasteiger charge is -2.15. The molecule has 2 aromatic rings. The number of nitrogens with one attached hydrogen (secondary N) is 1. The van der Waals surface area contributed by atoms with Crippen LogP contribution in [0.3, 0.4) is 0 Å². The molecule has 0 saturated heterocycles. The summed E-state index contributed by atoms with van der Waals surface area (Å²) in [6.45, 7) is 7.64. The molecule has 0 atom stereocenters. The van der Waals surface area contributed by atoms with E-state index in [4.69, 9.17) is 4.74 Å². The van der Waals surface area contributed by atoms with Crippen LogP contribution in [0.2, 0.25) is 0 Å². The Balaban J connectivity index is 1.93. The van der Waals surface area contributed by atoms with Gasteiger partial charge in [-0.3, -0.25) is 0 Å². The van der Waals surface area contributed by atoms with Crippen molar-refractivity contribution in [3.63, 3.8) is 0 Å². The third-order valence-electron chi connectivity index (χ3n) is 3.07. The fraction of sp³-hybridized carbons (Fsp3) is 0.438. The molecule has 1 aromatic heterocycles. The van der Waals surface area contributed by atoms with Gasteiger partial charge in [0.25, 0.3) is 0 Å². The molecular weight excluding hydrogens is 330 g/mol. The van der Waals surface area contributed by atoms with E-state index in [-0.39, 0.29) is 0 Å². The second-order valence-corrected chi connectivity index (χ2v) is 6.26. The summed E-state index contributed by atoms with van der Waals surface area (Å²) in [5.74, 6) is 1.57. The van der Waals surface area contributed by atoms with Crippen LogP contribution in [0.1, 0.15) is 19.4 Å². The summed E-state index contributed by atoms with van der Waals surface area (Å²) in [5.41, 5.74) is 1.18. The standard InChI is InChI=1S/C16H22BrN3O/c1-13(2)10-19-11-14-4-3-5-15(17)16(14)21-9-8-20-7-6-18-12-20/h3-7,12-13,19H,8-11H2,1-2H3. The van der Waals surface area contributed by atoms with Crippen molar-refractivity contribution in [3.05, 3.63) is 47.0 Å². The van der Waals surface area contributed by atoms with Crippen LogP contribution in [-0.2, 0) is 13.1 Å². The van der Waals surface area contributed by atoms with Gasteiger partial charge in [-0.25, -0.2) is 4.98 Å². The van der Waals surface area contributed by atoms with Gasteiger partial charge in [-0.1, -0.05) is 26.0 Å². The van der Waals surface area contributed by atoms with Crippen molar-refractivity contribution in [2.75, 3.05) is 13.2 Å². The second kappa shape index (κ2) is 8.20. The van der Waals surface area contributed by atoms with Crippen LogP contribution in [0.15, 0.2) is 41.4 Å². The fourth-order valence-corrected chi connectivity index (χ4v) is 2.54. The van der Waals surface area contributed by atoms with Gasteiger partial charge in [-0.15, -0.1) is 0 Å². The van der Waals surface area contributed by atoms with Crippen molar-refractivity contribution >= 4 is 15.9 Å². The van der Waals surface area contributed by atoms with Gasteiger partial charge in [0.05, 0.1) is 17.3 Å². The maximum atomic E-state index is 5.96. The number of nitrogens with zero attached hydrogens (tertiary/aromatic N) is 2. The molecule has 0 amide bonds. The van der Waals surface area contributed by atoms with Crippen LogP contribution in [0.4, 0.5) is 0 Å². The molecule has 21 heavy (non-hydrogen) atoms. The third kappa shape index (κ3) is 5.17. The molecule has 1 N–H and O–H groups in total. The number of aromatic nitrogens is 2. The quantitative estimate of drug-likeness (QED) is 0.791. The van der Waals surface area contributed by atoms with Crippen LogP contribution in [0, 0.1) is 5.92 Å². The summed E-state index contributed by atoms with van der Waals surface area (Å²) >= 11 is 3.57. The van der Waals surface area contributed by atoms with E-state index in [0.717, 1.165) is 29.9 Å². The molecule has 0 aliphatic carbocycles. The minimum atomic E-state index is 0.621. The molecule has 5 heteroatoms. The summed E-state index contributed by atoms with van der Waals surface area (Å²) in [5, 5.41) is 3.46. The maximum Gasteiger partial charge on any atom is 0.138 e. The van der Waals surface area contributed by atoms with E-state index in [1.807, 2.05) is 22.9 Å². The number of ether oxygens (including phenoxy) is 1. The van der Waals surface area contributed by atoms with E-state index in [9.17, 15) is 0 Å². The Kier molecular flexibility index (Phi) is 6.26. The molecule has 0 unspecified atom stereocenters. The van der Waals surface area contributed by atoms with Crippen LogP contribution < -0.4 is 10.1 Å². The van der Waals surface area contributed by atoms with Crippen molar-refractivity contribution in [2.24, 2.45) is 5.92 Å². The SMILES string of the molecule is CC(C)CNCc1cccc(Br)c1OCCn1ccnc1. The number of imidazole rings is 1. The second-order valence-electron chi connectivity index (χ2n) is 5.40. The Morgan fingerprint density at radius 2 is 2.24 bits per heavy atom. The maximum absolute atomic E-state index is 5.96. The number of benzene rings is 1. The van der Waals surface area contributed by atoms with E-state index >= 15 is 0 Å². The number of hydrogen-bond donors (Lipinski definition) is 1. The highest BCUT2D eigenvalue weighted by molar-refractivity contribution is 9.10. The van der Waals surface area contributed by atoms with Crippen LogP contribution in [0.25, 0.3) is 0 Å². The highest BCUT2D eigenvalue weighted by atomic mass is 79.9. The zero-order valence-corrected chi connectivity index (χ0v) is 14.1. The van der Waals surface area contributed by atoms with Gasteiger partial charge >= 0.3 is 0 Å². The fourth-order valence-electron chi connectivity index (χ4n) is 2.02. The molecule has 114 valence electrons. The lowest BCUT2D eigenvalue weighted by atomic mass is 10.2. The van der Waals surface area contributed by atoms with Gasteiger partial charge in [0.15, 0.2) is 0 Å². The summed E-state index contributed by atoms with van der Waals surface area (Å²) in [6.07, 6.45) is 5.52. The molecule has 0 aliphatic rings. The van der Waals surface area contributed by atoms with E-state index < -0.39 is 0 Å². The third-order valence-corrected chi connectivity index (χ3v) is 3.70. The largest absolute Gasteiger partial charge is 0.490 e. The first-order chi connectivity index (χ1) is 10.2. The van der Waals surface area contributed by atoms with Gasteiger partial charge in [0, 0.05) is 24.5 Å². The number of hydrogen-bond acceptors (Lipinski definition) is 3. The summed E-state index contributed by atoms with van der Waals surface area (Å²) in [4.78, 5) is 4.03. The zero-order chi connectivity index (χ0) is 15.1. The first-order valence-electron chi connectivity index (χ1n) is 7.23. The Labute approximate surface area is 134 Å². The van der Waals surface area contributed by atoms with E-state index in [0.29, 0.717) is 12.5 Å². The van der Waals surface area contributed by atoms with Gasteiger partial charge < -0.3 is 14.6 Å². The average molecular weight is 352 g/mol. The van der Waals surface area contributed by atoms with Gasteiger partial charge in [-0.05, 0) is 34.5 Å². The number of para-hydroxylation sites is 1. The summed E-state index contributed by atoms with van der Waals surface area (Å²) in [7, 11) is 0. The van der Waals surface area contributed by atoms with Crippen LogP contribution in [-0.4, -0.2) is 22.7 Å². The van der Waals surface area contributed by atoms with E-state index in [1.165, 1.54) is 5.56 Å². The molecule has 0 radical (unpaired) electrons. The van der Waals surface area contributed by atoms with E-state index in [2.05, 4.69) is 46.1 Å². The smallest absolute Gasteiger partial charge is 0.138 e. The Bertz CT molecular complexity index is 540. The normalized spacial score (nSPS) is 11.0. The summed E-state index contributed by atoms with van der Waals surface area (Å²) < 4.78 is 8.97. The minimum absolute atomic E-state index is 0.621. The van der Waals surface area contributed by atoms with Crippen molar-refractivity contribution < 1.29 is 4.74 Å². The Hall–Kier alpha value is -1.33. The molecule has 0 fully saturated rings. The molecule has 1 aromatic carbocycles. The average Bonchev–Trinajstić information content (AvgIpc) is 2.94. The van der Waals surface area contributed by atoms with Crippen LogP contribution >= 0.6 is 15.9 Å². The van der Waals surface area contributed by atoms with Gasteiger partial charge in [-0.2, -0.15) is 0 Å². The predicted molar refractivity (Wildman–Crippen MR) is 88.4 cm³/mol. The highest BCUT2D eigenvalue weighted by Crippen LogP contribution is 2.29. The predicted octanol–water partition coefficient (Wildman–Crippen LogP) is 3.47. The molecule has 0 aliphatic heterocycles. The first-order valence-corrected chi connectivity index (χ1v) is 8.02. The van der Waals surface area contributed by atoms with Crippen molar-refractivity contribution in [1.82, 2.24) is 14.9 Å². The number of rotatable bonds is 8. The first kappa shape index (κ1) is 16.0. The van der Waals surface area contributed by atoms with Gasteiger partial charge in [0.1, 0.15) is 12.4 Å². The van der Waals surface area contributed by atoms with Gasteiger partial charge in [0.2, 0.25) is 0 Å². The zero-order valence-electron chi connectivity index (χ0n) is 12.6. The number of halogens is 1. The molecule has 2 rings (SSSR count). The van der Waals surface area contributed by atoms with Crippen molar-refractivity contribution in [3.8, 4) is 5.75 Å². The Morgan fingerprint density at radius 3 is 2.95 bits per heavy atom. The highest BCUT2D eigenvalue weighted by Gasteiger charge is 2.08. The molecule has 1 heterocycles. The van der Waals surface area contributed by atoms with Crippen molar-refractivity contribution in [1.29, 1.82) is 0 Å². The Morgan fingerprint density at radius 1 is 1.38 bits per heavy atom. The lowest BCUT2D eigenvalue weighted by molar-refractivity contribution is 0.293. The molecule has 0 spiro atoms. The molecule has 0 bridgehead atoms. The molecular formula is C16H22BrN3O. The van der Waals surface area contributed by atoms with Crippen LogP contribution in [0.5, 0.6) is 5.75 Å². The molecule has 4 nitrogen and oxygen atoms in total. The monoisotopic (exact) mass is 351 g/mol. The summed E-state index contributed by atoms with van der Waals surface area (Å²) in [6, 6.07) is 6.16. The molecule has 0 saturated carbocycles. The van der Waals surface area contributed by atoms with E-state index in [1.54, 1.807) is 12.5 Å². The minimum Gasteiger partial charge on any atom is -0.490 e. The topological polar surface area (TPSA) is 39.1 Å².